The predicted octanol–water partition coefficient (Wildman–Crippen LogP) is 1.71. The maximum atomic E-state index is 5.61. The fourth-order valence-electron chi connectivity index (χ4n) is 0.356. The third kappa shape index (κ3) is 7.01. The van der Waals surface area contributed by atoms with Crippen LogP contribution in [0.25, 0.3) is 0 Å². The first-order valence-corrected chi connectivity index (χ1v) is 9.84. The number of hydrogen-bond donors (Lipinski definition) is 0. The molecule has 0 aromatic heterocycles. The van der Waals surface area contributed by atoms with E-state index in [-0.39, 0.29) is 0 Å². The molecule has 0 aliphatic rings. The molecule has 0 N–H and O–H groups in total. The van der Waals surface area contributed by atoms with Gasteiger partial charge in [-0.3, -0.25) is 0 Å². The highest BCUT2D eigenvalue weighted by atomic mass is 35.7. The zero-order valence-electron chi connectivity index (χ0n) is 4.62. The number of rotatable bonds is 2. The Labute approximate surface area is 57.4 Å². The quantitative estimate of drug-likeness (QED) is 0.440. The van der Waals surface area contributed by atoms with Gasteiger partial charge in [0.15, 0.2) is 0 Å². The van der Waals surface area contributed by atoms with Crippen LogP contribution in [0.4, 0.5) is 0 Å². The topological polar surface area (TPSA) is 0 Å². The molecule has 44 valence electrons. The molecule has 0 heterocycles. The standard InChI is InChI=1S/C3H10Cl2Si2/c1-6(2)3-7(4)5/h6-7H,3H2,1-2H3. The van der Waals surface area contributed by atoms with Crippen LogP contribution in [-0.2, 0) is 0 Å². The van der Waals surface area contributed by atoms with Gasteiger partial charge in [0.05, 0.1) is 0 Å². The van der Waals surface area contributed by atoms with Gasteiger partial charge < -0.3 is 0 Å². The summed E-state index contributed by atoms with van der Waals surface area (Å²) in [5.74, 6) is 0. The molecule has 0 rings (SSSR count). The molecule has 0 unspecified atom stereocenters. The summed E-state index contributed by atoms with van der Waals surface area (Å²) in [4.78, 5) is 0. The van der Waals surface area contributed by atoms with E-state index in [1.165, 1.54) is 5.67 Å². The van der Waals surface area contributed by atoms with Crippen LogP contribution in [0.3, 0.4) is 0 Å². The van der Waals surface area contributed by atoms with Gasteiger partial charge in [-0.2, -0.15) is 22.2 Å². The molecule has 0 aliphatic heterocycles. The molecule has 0 aromatic carbocycles. The lowest BCUT2D eigenvalue weighted by molar-refractivity contribution is 1.81. The zero-order chi connectivity index (χ0) is 5.86. The van der Waals surface area contributed by atoms with Crippen molar-refractivity contribution in [3.05, 3.63) is 0 Å². The molecule has 0 aromatic rings. The van der Waals surface area contributed by atoms with Gasteiger partial charge in [-0.25, -0.2) is 0 Å². The Balaban J connectivity index is 2.95. The van der Waals surface area contributed by atoms with E-state index in [1.54, 1.807) is 0 Å². The van der Waals surface area contributed by atoms with Crippen LogP contribution in [0, 0.1) is 0 Å². The first-order valence-electron chi connectivity index (χ1n) is 2.41. The molecule has 0 radical (unpaired) electrons. The molecule has 0 atom stereocenters. The molecule has 7 heavy (non-hydrogen) atoms. The molecule has 0 amide bonds. The molecular formula is C3H10Cl2Si2. The molecule has 0 saturated heterocycles. The van der Waals surface area contributed by atoms with Crippen molar-refractivity contribution in [2.45, 2.75) is 18.8 Å². The Hall–Kier alpha value is 1.01. The highest BCUT2D eigenvalue weighted by Crippen LogP contribution is 2.04. The maximum Gasteiger partial charge on any atom is 0.234 e. The molecule has 0 fully saturated rings. The van der Waals surface area contributed by atoms with Crippen molar-refractivity contribution in [2.24, 2.45) is 0 Å². The van der Waals surface area contributed by atoms with Crippen molar-refractivity contribution in [3.63, 3.8) is 0 Å². The SMILES string of the molecule is C[SiH](C)C[SiH](Cl)Cl. The van der Waals surface area contributed by atoms with E-state index in [1.807, 2.05) is 0 Å². The van der Waals surface area contributed by atoms with Crippen LogP contribution in [0.5, 0.6) is 0 Å². The van der Waals surface area contributed by atoms with Gasteiger partial charge in [-0.15, -0.1) is 0 Å². The summed E-state index contributed by atoms with van der Waals surface area (Å²) >= 11 is 11.2. The summed E-state index contributed by atoms with van der Waals surface area (Å²) in [5, 5.41) is 0. The average molecular weight is 173 g/mol. The van der Waals surface area contributed by atoms with E-state index in [9.17, 15) is 0 Å². The molecule has 4 heteroatoms. The van der Waals surface area contributed by atoms with Crippen molar-refractivity contribution in [1.82, 2.24) is 0 Å². The maximum absolute atomic E-state index is 5.61. The Morgan fingerprint density at radius 1 is 1.29 bits per heavy atom. The minimum Gasteiger partial charge on any atom is -0.151 e. The van der Waals surface area contributed by atoms with Crippen LogP contribution < -0.4 is 0 Å². The van der Waals surface area contributed by atoms with Gasteiger partial charge >= 0.3 is 0 Å². The summed E-state index contributed by atoms with van der Waals surface area (Å²) in [6.07, 6.45) is 0. The first kappa shape index (κ1) is 8.01. The monoisotopic (exact) mass is 172 g/mol. The van der Waals surface area contributed by atoms with E-state index in [2.05, 4.69) is 13.1 Å². The summed E-state index contributed by atoms with van der Waals surface area (Å²) in [5.41, 5.74) is 1.17. The molecule has 0 spiro atoms. The van der Waals surface area contributed by atoms with E-state index in [0.717, 1.165) is 0 Å². The second-order valence-corrected chi connectivity index (χ2v) is 11.3. The summed E-state index contributed by atoms with van der Waals surface area (Å²) in [7, 11) is -1.65. The lowest BCUT2D eigenvalue weighted by Crippen LogP contribution is -2.06. The van der Waals surface area contributed by atoms with Crippen molar-refractivity contribution in [2.75, 3.05) is 0 Å². The largest absolute Gasteiger partial charge is 0.234 e. The first-order chi connectivity index (χ1) is 3.13. The van der Waals surface area contributed by atoms with E-state index in [0.29, 0.717) is 0 Å². The van der Waals surface area contributed by atoms with Crippen molar-refractivity contribution in [1.29, 1.82) is 0 Å². The summed E-state index contributed by atoms with van der Waals surface area (Å²) in [6.45, 7) is 4.54. The molecule has 0 saturated carbocycles. The Morgan fingerprint density at radius 3 is 1.71 bits per heavy atom. The second-order valence-electron chi connectivity index (χ2n) is 2.02. The molecule has 0 nitrogen and oxygen atoms in total. The Morgan fingerprint density at radius 2 is 1.71 bits per heavy atom. The third-order valence-corrected chi connectivity index (χ3v) is 9.05. The van der Waals surface area contributed by atoms with Crippen LogP contribution in [0.2, 0.25) is 18.8 Å². The highest BCUT2D eigenvalue weighted by Gasteiger charge is 2.04. The van der Waals surface area contributed by atoms with Crippen LogP contribution in [0.15, 0.2) is 0 Å². The Bertz CT molecular complexity index is 40.2. The highest BCUT2D eigenvalue weighted by molar-refractivity contribution is 7.35. The molecule has 0 bridgehead atoms. The average Bonchev–Trinajstić information content (AvgIpc) is 1.27. The smallest absolute Gasteiger partial charge is 0.151 e. The van der Waals surface area contributed by atoms with Gasteiger partial charge in [0, 0.05) is 8.80 Å². The second kappa shape index (κ2) is 3.95. The van der Waals surface area contributed by atoms with Gasteiger partial charge in [-0.05, 0) is 5.67 Å². The lowest BCUT2D eigenvalue weighted by Gasteiger charge is -1.98. The minimum atomic E-state index is -1.22. The number of hydrogen-bond acceptors (Lipinski definition) is 0. The van der Waals surface area contributed by atoms with E-state index >= 15 is 0 Å². The Kier molecular flexibility index (Phi) is 4.52. The zero-order valence-corrected chi connectivity index (χ0v) is 8.44. The van der Waals surface area contributed by atoms with Crippen molar-refractivity contribution < 1.29 is 0 Å². The van der Waals surface area contributed by atoms with Gasteiger partial charge in [0.2, 0.25) is 7.42 Å². The van der Waals surface area contributed by atoms with E-state index < -0.39 is 16.2 Å². The molecule has 0 aliphatic carbocycles. The normalized spacial score (nSPS) is 11.1. The molecular weight excluding hydrogens is 163 g/mol. The lowest BCUT2D eigenvalue weighted by atomic mass is 11.8. The van der Waals surface area contributed by atoms with Gasteiger partial charge in [0.25, 0.3) is 0 Å². The van der Waals surface area contributed by atoms with Crippen LogP contribution >= 0.6 is 22.2 Å². The fourth-order valence-corrected chi connectivity index (χ4v) is 9.62. The van der Waals surface area contributed by atoms with Crippen molar-refractivity contribution in [3.8, 4) is 0 Å². The number of halogens is 2. The predicted molar refractivity (Wildman–Crippen MR) is 42.5 cm³/mol. The van der Waals surface area contributed by atoms with Crippen molar-refractivity contribution >= 4 is 38.4 Å². The van der Waals surface area contributed by atoms with Crippen LogP contribution in [-0.4, -0.2) is 16.2 Å². The van der Waals surface area contributed by atoms with Gasteiger partial charge in [0.1, 0.15) is 0 Å². The van der Waals surface area contributed by atoms with E-state index in [4.69, 9.17) is 22.2 Å². The summed E-state index contributed by atoms with van der Waals surface area (Å²) < 4.78 is 0. The third-order valence-electron chi connectivity index (χ3n) is 0.650. The van der Waals surface area contributed by atoms with Gasteiger partial charge in [-0.1, -0.05) is 13.1 Å². The fraction of sp³-hybridized carbons (Fsp3) is 1.00. The van der Waals surface area contributed by atoms with Crippen LogP contribution in [0.1, 0.15) is 0 Å². The minimum absolute atomic E-state index is 0.431. The summed E-state index contributed by atoms with van der Waals surface area (Å²) in [6, 6.07) is 0.